The van der Waals surface area contributed by atoms with E-state index in [0.29, 0.717) is 5.95 Å². The Balaban J connectivity index is 1.38. The maximum absolute atomic E-state index is 6.12. The number of nitrogens with zero attached hydrogens (tertiary/aromatic N) is 6. The van der Waals surface area contributed by atoms with Crippen molar-refractivity contribution < 1.29 is 0 Å². The van der Waals surface area contributed by atoms with Crippen molar-refractivity contribution in [3.63, 3.8) is 0 Å². The molecule has 0 saturated carbocycles. The van der Waals surface area contributed by atoms with Crippen LogP contribution in [-0.2, 0) is 13.0 Å². The molecule has 3 N–H and O–H groups in total. The molecule has 1 fully saturated rings. The fraction of sp³-hybridized carbons (Fsp3) is 0.346. The van der Waals surface area contributed by atoms with Crippen LogP contribution in [0, 0.1) is 0 Å². The van der Waals surface area contributed by atoms with Gasteiger partial charge in [0.1, 0.15) is 5.82 Å². The van der Waals surface area contributed by atoms with Crippen molar-refractivity contribution in [1.29, 1.82) is 0 Å². The summed E-state index contributed by atoms with van der Waals surface area (Å²) in [4.78, 5) is 20.7. The molecule has 2 aliphatic rings. The van der Waals surface area contributed by atoms with E-state index in [1.807, 2.05) is 19.3 Å². The van der Waals surface area contributed by atoms with Crippen LogP contribution in [0.4, 0.5) is 17.5 Å². The highest BCUT2D eigenvalue weighted by atomic mass is 15.3. The molecule has 8 nitrogen and oxygen atoms in total. The third-order valence-corrected chi connectivity index (χ3v) is 6.80. The summed E-state index contributed by atoms with van der Waals surface area (Å²) in [5.41, 5.74) is 13.6. The fourth-order valence-electron chi connectivity index (χ4n) is 4.61. The van der Waals surface area contributed by atoms with Crippen LogP contribution in [0.2, 0.25) is 0 Å². The molecule has 2 aromatic heterocycles. The number of hydrogen-bond donors (Lipinski definition) is 2. The van der Waals surface area contributed by atoms with Crippen LogP contribution in [0.15, 0.2) is 49.2 Å². The molecule has 0 aliphatic carbocycles. The molecule has 5 rings (SSSR count). The van der Waals surface area contributed by atoms with Crippen molar-refractivity contribution in [2.24, 2.45) is 0 Å². The minimum atomic E-state index is 0.320. The molecular weight excluding hydrogens is 424 g/mol. The predicted molar refractivity (Wildman–Crippen MR) is 139 cm³/mol. The van der Waals surface area contributed by atoms with E-state index in [1.165, 1.54) is 11.1 Å². The van der Waals surface area contributed by atoms with Crippen molar-refractivity contribution in [3.8, 4) is 11.3 Å². The minimum absolute atomic E-state index is 0.320. The topological polar surface area (TPSA) is 86.4 Å². The van der Waals surface area contributed by atoms with Crippen LogP contribution in [0.25, 0.3) is 17.0 Å². The van der Waals surface area contributed by atoms with Crippen molar-refractivity contribution in [1.82, 2.24) is 25.2 Å². The molecule has 0 spiro atoms. The van der Waals surface area contributed by atoms with Crippen LogP contribution >= 0.6 is 0 Å². The summed E-state index contributed by atoms with van der Waals surface area (Å²) in [6, 6.07) is 12.8. The number of nitrogen functional groups attached to an aromatic ring is 1. The number of aromatic nitrogens is 3. The maximum Gasteiger partial charge on any atom is 0.222 e. The highest BCUT2D eigenvalue weighted by molar-refractivity contribution is 5.67. The highest BCUT2D eigenvalue weighted by Crippen LogP contribution is 2.30. The standard InChI is InChI=1S/C26H32N8/c1-18(28-2)23-7-6-22(16-29-23)34-9-8-19-4-5-20(14-21(19)17-34)24-15-25(31-26(27)30-24)33-12-10-32(3)11-13-33/h4-7,14-16,28H,1,8-13,17H2,2-3H3,(H2,27,30,31). The van der Waals surface area contributed by atoms with Gasteiger partial charge in [-0.1, -0.05) is 18.7 Å². The van der Waals surface area contributed by atoms with E-state index in [0.717, 1.165) is 79.8 Å². The van der Waals surface area contributed by atoms with Crippen LogP contribution in [0.5, 0.6) is 0 Å². The second-order valence-corrected chi connectivity index (χ2v) is 9.05. The molecule has 2 aliphatic heterocycles. The Morgan fingerprint density at radius 2 is 1.79 bits per heavy atom. The summed E-state index contributed by atoms with van der Waals surface area (Å²) in [7, 11) is 4.01. The van der Waals surface area contributed by atoms with Crippen LogP contribution in [0.3, 0.4) is 0 Å². The van der Waals surface area contributed by atoms with E-state index in [9.17, 15) is 0 Å². The number of benzene rings is 1. The summed E-state index contributed by atoms with van der Waals surface area (Å²) in [6.07, 6.45) is 2.93. The van der Waals surface area contributed by atoms with Gasteiger partial charge in [0, 0.05) is 57.9 Å². The van der Waals surface area contributed by atoms with Gasteiger partial charge in [0.05, 0.1) is 29.0 Å². The molecular formula is C26H32N8. The van der Waals surface area contributed by atoms with E-state index in [2.05, 4.69) is 78.9 Å². The number of likely N-dealkylation sites (N-methyl/N-ethyl adjacent to an activating group) is 1. The van der Waals surface area contributed by atoms with Crippen molar-refractivity contribution >= 4 is 23.2 Å². The number of rotatable bonds is 5. The Kier molecular flexibility index (Phi) is 6.06. The summed E-state index contributed by atoms with van der Waals surface area (Å²) < 4.78 is 0. The summed E-state index contributed by atoms with van der Waals surface area (Å²) >= 11 is 0. The van der Waals surface area contributed by atoms with E-state index in [4.69, 9.17) is 5.73 Å². The van der Waals surface area contributed by atoms with Gasteiger partial charge in [0.2, 0.25) is 5.95 Å². The van der Waals surface area contributed by atoms with Crippen molar-refractivity contribution in [2.75, 3.05) is 62.4 Å². The summed E-state index contributed by atoms with van der Waals surface area (Å²) in [5, 5.41) is 3.05. The quantitative estimate of drug-likeness (QED) is 0.606. The maximum atomic E-state index is 6.12. The van der Waals surface area contributed by atoms with E-state index < -0.39 is 0 Å². The van der Waals surface area contributed by atoms with Crippen LogP contribution in [-0.4, -0.2) is 66.7 Å². The molecule has 0 amide bonds. The zero-order valence-corrected chi connectivity index (χ0v) is 20.0. The molecule has 176 valence electrons. The summed E-state index contributed by atoms with van der Waals surface area (Å²) in [5.74, 6) is 1.23. The molecule has 0 radical (unpaired) electrons. The number of nitrogens with two attached hydrogens (primary N) is 1. The first-order valence-corrected chi connectivity index (χ1v) is 11.8. The van der Waals surface area contributed by atoms with E-state index in [1.54, 1.807) is 0 Å². The zero-order valence-electron chi connectivity index (χ0n) is 20.0. The average Bonchev–Trinajstić information content (AvgIpc) is 2.87. The molecule has 0 unspecified atom stereocenters. The van der Waals surface area contributed by atoms with Gasteiger partial charge < -0.3 is 25.8 Å². The number of piperazine rings is 1. The molecule has 1 aromatic carbocycles. The number of nitrogens with one attached hydrogen (secondary N) is 1. The largest absolute Gasteiger partial charge is 0.387 e. The van der Waals surface area contributed by atoms with Crippen molar-refractivity contribution in [3.05, 3.63) is 66.0 Å². The minimum Gasteiger partial charge on any atom is -0.387 e. The number of pyridine rings is 1. The average molecular weight is 457 g/mol. The molecule has 0 bridgehead atoms. The lowest BCUT2D eigenvalue weighted by atomic mass is 9.96. The third-order valence-electron chi connectivity index (χ3n) is 6.80. The van der Waals surface area contributed by atoms with Crippen molar-refractivity contribution in [2.45, 2.75) is 13.0 Å². The zero-order chi connectivity index (χ0) is 23.7. The van der Waals surface area contributed by atoms with Gasteiger partial charge in [-0.25, -0.2) is 4.98 Å². The molecule has 34 heavy (non-hydrogen) atoms. The van der Waals surface area contributed by atoms with Crippen LogP contribution < -0.4 is 20.9 Å². The van der Waals surface area contributed by atoms with Gasteiger partial charge in [0.25, 0.3) is 0 Å². The normalized spacial score (nSPS) is 16.3. The monoisotopic (exact) mass is 456 g/mol. The molecule has 3 aromatic rings. The Hall–Kier alpha value is -3.65. The molecule has 8 heteroatoms. The number of hydrogen-bond acceptors (Lipinski definition) is 8. The first-order chi connectivity index (χ1) is 16.5. The predicted octanol–water partition coefficient (Wildman–Crippen LogP) is 2.63. The molecule has 1 saturated heterocycles. The van der Waals surface area contributed by atoms with Gasteiger partial charge in [0.15, 0.2) is 0 Å². The first-order valence-electron chi connectivity index (χ1n) is 11.8. The second kappa shape index (κ2) is 9.30. The van der Waals surface area contributed by atoms with Gasteiger partial charge in [-0.3, -0.25) is 4.98 Å². The van der Waals surface area contributed by atoms with Gasteiger partial charge in [-0.2, -0.15) is 4.98 Å². The first kappa shape index (κ1) is 22.2. The van der Waals surface area contributed by atoms with E-state index in [-0.39, 0.29) is 0 Å². The molecule has 0 atom stereocenters. The third kappa shape index (κ3) is 4.54. The Morgan fingerprint density at radius 3 is 2.53 bits per heavy atom. The number of anilines is 3. The number of fused-ring (bicyclic) bond motifs is 1. The fourth-order valence-corrected chi connectivity index (χ4v) is 4.61. The Morgan fingerprint density at radius 1 is 0.971 bits per heavy atom. The van der Waals surface area contributed by atoms with Gasteiger partial charge in [-0.15, -0.1) is 0 Å². The highest BCUT2D eigenvalue weighted by Gasteiger charge is 2.20. The summed E-state index contributed by atoms with van der Waals surface area (Å²) in [6.45, 7) is 9.72. The SMILES string of the molecule is C=C(NC)c1ccc(N2CCc3ccc(-c4cc(N5CCN(C)CC5)nc(N)n4)cc3C2)cn1. The van der Waals surface area contributed by atoms with Crippen LogP contribution in [0.1, 0.15) is 16.8 Å². The Bertz CT molecular complexity index is 1180. The molecule has 4 heterocycles. The smallest absolute Gasteiger partial charge is 0.222 e. The Labute approximate surface area is 201 Å². The lowest BCUT2D eigenvalue weighted by Crippen LogP contribution is -2.44. The lowest BCUT2D eigenvalue weighted by molar-refractivity contribution is 0.312. The second-order valence-electron chi connectivity index (χ2n) is 9.05. The van der Waals surface area contributed by atoms with Gasteiger partial charge in [-0.05, 0) is 42.8 Å². The lowest BCUT2D eigenvalue weighted by Gasteiger charge is -2.33. The van der Waals surface area contributed by atoms with E-state index >= 15 is 0 Å². The van der Waals surface area contributed by atoms with Gasteiger partial charge >= 0.3 is 0 Å².